The number of hydrogen-bond donors (Lipinski definition) is 1. The average molecular weight is 310 g/mol. The number of aryl methyl sites for hydroxylation is 1. The molecule has 2 unspecified atom stereocenters. The number of nitrogen functional groups attached to an aromatic ring is 1. The Morgan fingerprint density at radius 1 is 1.09 bits per heavy atom. The first-order valence-electron chi connectivity index (χ1n) is 9.03. The summed E-state index contributed by atoms with van der Waals surface area (Å²) < 4.78 is 5.37. The second-order valence-corrected chi connectivity index (χ2v) is 7.46. The summed E-state index contributed by atoms with van der Waals surface area (Å²) in [5, 5.41) is 4.36. The molecule has 23 heavy (non-hydrogen) atoms. The van der Waals surface area contributed by atoms with E-state index in [1.54, 1.807) is 0 Å². The van der Waals surface area contributed by atoms with Gasteiger partial charge in [-0.2, -0.15) is 0 Å². The van der Waals surface area contributed by atoms with E-state index in [1.165, 1.54) is 55.2 Å². The molecule has 1 aromatic carbocycles. The van der Waals surface area contributed by atoms with Crippen molar-refractivity contribution in [3.63, 3.8) is 0 Å². The highest BCUT2D eigenvalue weighted by molar-refractivity contribution is 5.45. The van der Waals surface area contributed by atoms with Gasteiger partial charge in [0.1, 0.15) is 0 Å². The van der Waals surface area contributed by atoms with Gasteiger partial charge in [-0.05, 0) is 50.0 Å². The maximum atomic E-state index is 6.09. The van der Waals surface area contributed by atoms with Crippen molar-refractivity contribution in [3.8, 4) is 0 Å². The minimum atomic E-state index is 0.520. The van der Waals surface area contributed by atoms with Gasteiger partial charge in [-0.3, -0.25) is 0 Å². The molecule has 1 aromatic heterocycles. The van der Waals surface area contributed by atoms with Crippen LogP contribution in [0.5, 0.6) is 0 Å². The van der Waals surface area contributed by atoms with Crippen LogP contribution in [0.3, 0.4) is 0 Å². The van der Waals surface area contributed by atoms with Crippen molar-refractivity contribution in [2.75, 3.05) is 5.73 Å². The van der Waals surface area contributed by atoms with E-state index < -0.39 is 0 Å². The fourth-order valence-corrected chi connectivity index (χ4v) is 4.62. The summed E-state index contributed by atoms with van der Waals surface area (Å²) in [6.07, 6.45) is 8.93. The molecule has 0 radical (unpaired) electrons. The highest BCUT2D eigenvalue weighted by Crippen LogP contribution is 2.48. The SMILES string of the molecule is Cc1ccc(C2Cc3c(noc3N)C(C3CCCCC3)C2)cc1. The highest BCUT2D eigenvalue weighted by atomic mass is 16.5. The zero-order valence-electron chi connectivity index (χ0n) is 13.9. The molecule has 1 saturated carbocycles. The number of aromatic nitrogens is 1. The minimum Gasteiger partial charge on any atom is -0.367 e. The Labute approximate surface area is 138 Å². The molecule has 0 saturated heterocycles. The molecule has 2 aromatic rings. The summed E-state index contributed by atoms with van der Waals surface area (Å²) in [7, 11) is 0. The Bertz CT molecular complexity index is 667. The van der Waals surface area contributed by atoms with Crippen LogP contribution in [0, 0.1) is 12.8 Å². The van der Waals surface area contributed by atoms with E-state index in [1.807, 2.05) is 0 Å². The third kappa shape index (κ3) is 2.77. The molecule has 0 aliphatic heterocycles. The predicted molar refractivity (Wildman–Crippen MR) is 92.5 cm³/mol. The smallest absolute Gasteiger partial charge is 0.225 e. The molecule has 3 nitrogen and oxygen atoms in total. The quantitative estimate of drug-likeness (QED) is 0.853. The summed E-state index contributed by atoms with van der Waals surface area (Å²) in [6.45, 7) is 2.14. The van der Waals surface area contributed by atoms with Crippen molar-refractivity contribution in [1.82, 2.24) is 5.16 Å². The summed E-state index contributed by atoms with van der Waals surface area (Å²) in [5.41, 5.74) is 11.2. The van der Waals surface area contributed by atoms with E-state index in [-0.39, 0.29) is 0 Å². The minimum absolute atomic E-state index is 0.520. The molecule has 2 aliphatic carbocycles. The molecule has 1 fully saturated rings. The van der Waals surface area contributed by atoms with E-state index >= 15 is 0 Å². The second kappa shape index (κ2) is 6.03. The summed E-state index contributed by atoms with van der Waals surface area (Å²) in [4.78, 5) is 0. The van der Waals surface area contributed by atoms with Gasteiger partial charge in [-0.15, -0.1) is 0 Å². The standard InChI is InChI=1S/C20H26N2O/c1-13-7-9-14(10-8-13)16-11-17(15-5-3-2-4-6-15)19-18(12-16)20(21)23-22-19/h7-10,15-17H,2-6,11-12,21H2,1H3. The van der Waals surface area contributed by atoms with Crippen LogP contribution < -0.4 is 5.73 Å². The molecule has 3 heteroatoms. The zero-order chi connectivity index (χ0) is 15.8. The molecular formula is C20H26N2O. The molecular weight excluding hydrogens is 284 g/mol. The topological polar surface area (TPSA) is 52.0 Å². The van der Waals surface area contributed by atoms with E-state index in [0.29, 0.717) is 17.7 Å². The molecule has 4 rings (SSSR count). The highest BCUT2D eigenvalue weighted by Gasteiger charge is 2.37. The number of fused-ring (bicyclic) bond motifs is 1. The lowest BCUT2D eigenvalue weighted by Gasteiger charge is -2.35. The van der Waals surface area contributed by atoms with Crippen molar-refractivity contribution >= 4 is 5.88 Å². The van der Waals surface area contributed by atoms with E-state index in [2.05, 4.69) is 36.3 Å². The van der Waals surface area contributed by atoms with Gasteiger partial charge in [0.2, 0.25) is 5.88 Å². The van der Waals surface area contributed by atoms with Crippen LogP contribution in [0.25, 0.3) is 0 Å². The van der Waals surface area contributed by atoms with Crippen LogP contribution in [0.4, 0.5) is 5.88 Å². The lowest BCUT2D eigenvalue weighted by molar-refractivity contribution is 0.264. The maximum Gasteiger partial charge on any atom is 0.225 e. The zero-order valence-corrected chi connectivity index (χ0v) is 13.9. The fourth-order valence-electron chi connectivity index (χ4n) is 4.62. The third-order valence-electron chi connectivity index (χ3n) is 5.96. The van der Waals surface area contributed by atoms with Gasteiger partial charge >= 0.3 is 0 Å². The lowest BCUT2D eigenvalue weighted by atomic mass is 9.68. The molecule has 0 bridgehead atoms. The molecule has 0 amide bonds. The Morgan fingerprint density at radius 2 is 1.83 bits per heavy atom. The molecule has 2 atom stereocenters. The summed E-state index contributed by atoms with van der Waals surface area (Å²) in [6, 6.07) is 9.01. The molecule has 0 spiro atoms. The van der Waals surface area contributed by atoms with Crippen molar-refractivity contribution in [2.24, 2.45) is 5.92 Å². The number of anilines is 1. The number of nitrogens with two attached hydrogens (primary N) is 1. The largest absolute Gasteiger partial charge is 0.367 e. The lowest BCUT2D eigenvalue weighted by Crippen LogP contribution is -2.25. The monoisotopic (exact) mass is 310 g/mol. The maximum absolute atomic E-state index is 6.09. The average Bonchev–Trinajstić information content (AvgIpc) is 2.97. The predicted octanol–water partition coefficient (Wildman–Crippen LogP) is 4.96. The molecule has 122 valence electrons. The van der Waals surface area contributed by atoms with Crippen LogP contribution in [-0.4, -0.2) is 5.16 Å². The van der Waals surface area contributed by atoms with Crippen LogP contribution in [0.2, 0.25) is 0 Å². The first kappa shape index (κ1) is 14.8. The normalized spacial score (nSPS) is 25.3. The Balaban J connectivity index is 1.66. The first-order valence-corrected chi connectivity index (χ1v) is 9.03. The molecule has 1 heterocycles. The number of hydrogen-bond acceptors (Lipinski definition) is 3. The molecule has 2 aliphatic rings. The Kier molecular flexibility index (Phi) is 3.88. The van der Waals surface area contributed by atoms with Crippen LogP contribution >= 0.6 is 0 Å². The number of nitrogens with zero attached hydrogens (tertiary/aromatic N) is 1. The van der Waals surface area contributed by atoms with Gasteiger partial charge in [-0.25, -0.2) is 0 Å². The van der Waals surface area contributed by atoms with Crippen molar-refractivity contribution in [1.29, 1.82) is 0 Å². The van der Waals surface area contributed by atoms with Gasteiger partial charge in [0.05, 0.1) is 5.69 Å². The Morgan fingerprint density at radius 3 is 2.57 bits per heavy atom. The van der Waals surface area contributed by atoms with Gasteiger partial charge in [0, 0.05) is 11.5 Å². The summed E-state index contributed by atoms with van der Waals surface area (Å²) >= 11 is 0. The van der Waals surface area contributed by atoms with Gasteiger partial charge < -0.3 is 10.3 Å². The van der Waals surface area contributed by atoms with E-state index in [4.69, 9.17) is 10.3 Å². The van der Waals surface area contributed by atoms with Crippen LogP contribution in [-0.2, 0) is 6.42 Å². The van der Waals surface area contributed by atoms with Crippen molar-refractivity contribution in [2.45, 2.75) is 63.7 Å². The van der Waals surface area contributed by atoms with E-state index in [9.17, 15) is 0 Å². The number of benzene rings is 1. The Hall–Kier alpha value is -1.77. The van der Waals surface area contributed by atoms with Crippen molar-refractivity contribution < 1.29 is 4.52 Å². The third-order valence-corrected chi connectivity index (χ3v) is 5.96. The van der Waals surface area contributed by atoms with Crippen LogP contribution in [0.1, 0.15) is 72.7 Å². The van der Waals surface area contributed by atoms with Gasteiger partial charge in [0.25, 0.3) is 0 Å². The second-order valence-electron chi connectivity index (χ2n) is 7.46. The summed E-state index contributed by atoms with van der Waals surface area (Å²) in [5.74, 6) is 2.35. The fraction of sp³-hybridized carbons (Fsp3) is 0.550. The van der Waals surface area contributed by atoms with Crippen molar-refractivity contribution in [3.05, 3.63) is 46.6 Å². The number of rotatable bonds is 2. The molecule has 2 N–H and O–H groups in total. The van der Waals surface area contributed by atoms with E-state index in [0.717, 1.165) is 18.0 Å². The van der Waals surface area contributed by atoms with Gasteiger partial charge in [0.15, 0.2) is 0 Å². The van der Waals surface area contributed by atoms with Gasteiger partial charge in [-0.1, -0.05) is 54.2 Å². The first-order chi connectivity index (χ1) is 11.2. The van der Waals surface area contributed by atoms with Crippen LogP contribution in [0.15, 0.2) is 28.8 Å².